The van der Waals surface area contributed by atoms with Gasteiger partial charge in [0.1, 0.15) is 0 Å². The van der Waals surface area contributed by atoms with E-state index >= 15 is 0 Å². The molecule has 0 saturated heterocycles. The molecule has 0 aliphatic heterocycles. The molecule has 2 rings (SSSR count). The van der Waals surface area contributed by atoms with Crippen LogP contribution in [-0.4, -0.2) is 22.3 Å². The Morgan fingerprint density at radius 1 is 1.56 bits per heavy atom. The molecular weight excluding hydrogens is 200 g/mol. The monoisotopic (exact) mass is 222 g/mol. The second kappa shape index (κ2) is 5.02. The van der Waals surface area contributed by atoms with Crippen molar-refractivity contribution in [3.05, 3.63) is 24.0 Å². The Labute approximate surface area is 97.5 Å². The molecule has 1 saturated carbocycles. The van der Waals surface area contributed by atoms with Gasteiger partial charge in [-0.25, -0.2) is 0 Å². The molecule has 1 aromatic heterocycles. The van der Waals surface area contributed by atoms with Crippen LogP contribution in [0.4, 0.5) is 0 Å². The zero-order valence-electron chi connectivity index (χ0n) is 10.2. The third-order valence-corrected chi connectivity index (χ3v) is 3.12. The summed E-state index contributed by atoms with van der Waals surface area (Å²) in [6.45, 7) is 5.68. The van der Waals surface area contributed by atoms with E-state index in [0.29, 0.717) is 12.6 Å². The number of hydrogen-bond donors (Lipinski definition) is 2. The summed E-state index contributed by atoms with van der Waals surface area (Å²) in [5.74, 6) is 0.822. The Hall–Kier alpha value is -0.800. The average molecular weight is 222 g/mol. The number of hydrogen-bond acceptors (Lipinski definition) is 2. The van der Waals surface area contributed by atoms with E-state index in [1.807, 2.05) is 6.92 Å². The molecule has 3 heteroatoms. The van der Waals surface area contributed by atoms with Gasteiger partial charge >= 0.3 is 0 Å². The number of nitrogens with zero attached hydrogens (tertiary/aromatic N) is 1. The number of aliphatic hydroxyl groups is 1. The van der Waals surface area contributed by atoms with Gasteiger partial charge in [0, 0.05) is 25.0 Å². The van der Waals surface area contributed by atoms with E-state index in [0.717, 1.165) is 12.5 Å². The Bertz CT molecular complexity index is 328. The largest absolute Gasteiger partial charge is 0.392 e. The Morgan fingerprint density at radius 2 is 2.31 bits per heavy atom. The van der Waals surface area contributed by atoms with Crippen LogP contribution in [0.5, 0.6) is 0 Å². The molecule has 16 heavy (non-hydrogen) atoms. The minimum absolute atomic E-state index is 0.279. The molecule has 1 heterocycles. The molecule has 1 fully saturated rings. The van der Waals surface area contributed by atoms with Crippen LogP contribution in [0.1, 0.15) is 38.3 Å². The number of aromatic nitrogens is 1. The molecule has 0 amide bonds. The highest BCUT2D eigenvalue weighted by molar-refractivity contribution is 5.18. The Balaban J connectivity index is 2.03. The molecule has 2 N–H and O–H groups in total. The topological polar surface area (TPSA) is 37.2 Å². The lowest BCUT2D eigenvalue weighted by molar-refractivity contribution is 0.173. The lowest BCUT2D eigenvalue weighted by Gasteiger charge is -2.15. The Kier molecular flexibility index (Phi) is 3.66. The summed E-state index contributed by atoms with van der Waals surface area (Å²) in [7, 11) is 0. The van der Waals surface area contributed by atoms with Crippen molar-refractivity contribution >= 4 is 0 Å². The third kappa shape index (κ3) is 2.86. The molecule has 1 aromatic rings. The van der Waals surface area contributed by atoms with E-state index in [-0.39, 0.29) is 6.10 Å². The summed E-state index contributed by atoms with van der Waals surface area (Å²) in [6, 6.07) is 2.69. The van der Waals surface area contributed by atoms with Crippen LogP contribution in [0.15, 0.2) is 18.5 Å². The van der Waals surface area contributed by atoms with Crippen molar-refractivity contribution in [2.24, 2.45) is 5.92 Å². The fourth-order valence-electron chi connectivity index (χ4n) is 2.27. The number of aliphatic hydroxyl groups excluding tert-OH is 1. The molecule has 0 radical (unpaired) electrons. The van der Waals surface area contributed by atoms with Crippen LogP contribution in [0.3, 0.4) is 0 Å². The second-order valence-corrected chi connectivity index (χ2v) is 4.86. The maximum absolute atomic E-state index is 9.34. The van der Waals surface area contributed by atoms with E-state index < -0.39 is 0 Å². The van der Waals surface area contributed by atoms with Gasteiger partial charge in [-0.2, -0.15) is 0 Å². The fourth-order valence-corrected chi connectivity index (χ4v) is 2.27. The van der Waals surface area contributed by atoms with Gasteiger partial charge in [0.2, 0.25) is 0 Å². The second-order valence-electron chi connectivity index (χ2n) is 4.86. The molecule has 1 aliphatic rings. The average Bonchev–Trinajstić information content (AvgIpc) is 2.96. The molecule has 2 unspecified atom stereocenters. The lowest BCUT2D eigenvalue weighted by Crippen LogP contribution is -2.22. The van der Waals surface area contributed by atoms with Crippen LogP contribution < -0.4 is 5.32 Å². The Morgan fingerprint density at radius 3 is 2.88 bits per heavy atom. The zero-order chi connectivity index (χ0) is 11.5. The summed E-state index contributed by atoms with van der Waals surface area (Å²) in [5, 5.41) is 12.9. The first-order valence-corrected chi connectivity index (χ1v) is 6.27. The molecule has 0 aromatic carbocycles. The minimum Gasteiger partial charge on any atom is -0.392 e. The van der Waals surface area contributed by atoms with Gasteiger partial charge in [-0.05, 0) is 43.9 Å². The van der Waals surface area contributed by atoms with Gasteiger partial charge in [0.15, 0.2) is 0 Å². The van der Waals surface area contributed by atoms with Gasteiger partial charge < -0.3 is 15.0 Å². The first kappa shape index (κ1) is 11.7. The molecule has 0 spiro atoms. The van der Waals surface area contributed by atoms with Crippen LogP contribution in [0.25, 0.3) is 0 Å². The van der Waals surface area contributed by atoms with E-state index in [1.165, 1.54) is 18.4 Å². The lowest BCUT2D eigenvalue weighted by atomic mass is 10.1. The normalized spacial score (nSPS) is 19.7. The highest BCUT2D eigenvalue weighted by Gasteiger charge is 2.31. The van der Waals surface area contributed by atoms with Crippen LogP contribution in [0, 0.1) is 5.92 Å². The van der Waals surface area contributed by atoms with Gasteiger partial charge in [0.05, 0.1) is 6.10 Å². The van der Waals surface area contributed by atoms with Crippen molar-refractivity contribution in [1.82, 2.24) is 9.88 Å². The molecule has 90 valence electrons. The minimum atomic E-state index is -0.279. The van der Waals surface area contributed by atoms with Crippen molar-refractivity contribution in [2.45, 2.75) is 45.4 Å². The van der Waals surface area contributed by atoms with Gasteiger partial charge in [-0.1, -0.05) is 6.92 Å². The predicted octanol–water partition coefficient (Wildman–Crippen LogP) is 1.93. The van der Waals surface area contributed by atoms with Gasteiger partial charge in [-0.15, -0.1) is 0 Å². The predicted molar refractivity (Wildman–Crippen MR) is 65.3 cm³/mol. The van der Waals surface area contributed by atoms with Crippen molar-refractivity contribution < 1.29 is 5.11 Å². The van der Waals surface area contributed by atoms with Crippen molar-refractivity contribution in [3.63, 3.8) is 0 Å². The van der Waals surface area contributed by atoms with Crippen LogP contribution in [0.2, 0.25) is 0 Å². The molecule has 0 bridgehead atoms. The first-order chi connectivity index (χ1) is 7.70. The number of rotatable bonds is 6. The van der Waals surface area contributed by atoms with E-state index in [1.54, 1.807) is 0 Å². The van der Waals surface area contributed by atoms with E-state index in [4.69, 9.17) is 0 Å². The summed E-state index contributed by atoms with van der Waals surface area (Å²) >= 11 is 0. The summed E-state index contributed by atoms with van der Waals surface area (Å²) < 4.78 is 2.08. The molecule has 2 atom stereocenters. The van der Waals surface area contributed by atoms with Crippen LogP contribution >= 0.6 is 0 Å². The zero-order valence-corrected chi connectivity index (χ0v) is 10.2. The molecule has 3 nitrogen and oxygen atoms in total. The maximum Gasteiger partial charge on any atom is 0.0690 e. The molecule has 1 aliphatic carbocycles. The maximum atomic E-state index is 9.34. The SMILES string of the molecule is CCNC(c1ccn(CC(C)O)c1)C1CC1. The fraction of sp³-hybridized carbons (Fsp3) is 0.692. The van der Waals surface area contributed by atoms with Crippen molar-refractivity contribution in [3.8, 4) is 0 Å². The van der Waals surface area contributed by atoms with Gasteiger partial charge in [0.25, 0.3) is 0 Å². The summed E-state index contributed by atoms with van der Waals surface area (Å²) in [5.41, 5.74) is 1.37. The molecular formula is C13H22N2O. The highest BCUT2D eigenvalue weighted by Crippen LogP contribution is 2.40. The first-order valence-electron chi connectivity index (χ1n) is 6.27. The van der Waals surface area contributed by atoms with Gasteiger partial charge in [-0.3, -0.25) is 0 Å². The number of nitrogens with one attached hydrogen (secondary N) is 1. The summed E-state index contributed by atoms with van der Waals surface area (Å²) in [6.07, 6.45) is 6.64. The van der Waals surface area contributed by atoms with E-state index in [9.17, 15) is 5.11 Å². The third-order valence-electron chi connectivity index (χ3n) is 3.12. The van der Waals surface area contributed by atoms with E-state index in [2.05, 4.69) is 35.3 Å². The van der Waals surface area contributed by atoms with Crippen molar-refractivity contribution in [1.29, 1.82) is 0 Å². The van der Waals surface area contributed by atoms with Crippen LogP contribution in [-0.2, 0) is 6.54 Å². The smallest absolute Gasteiger partial charge is 0.0690 e. The van der Waals surface area contributed by atoms with Crippen molar-refractivity contribution in [2.75, 3.05) is 6.54 Å². The highest BCUT2D eigenvalue weighted by atomic mass is 16.3. The quantitative estimate of drug-likeness (QED) is 0.771. The standard InChI is InChI=1S/C13H22N2O/c1-3-14-13(11-4-5-11)12-6-7-15(9-12)8-10(2)16/h6-7,9-11,13-14,16H,3-5,8H2,1-2H3. The summed E-state index contributed by atoms with van der Waals surface area (Å²) in [4.78, 5) is 0.